The maximum absolute atomic E-state index is 4.16. The largest absolute Gasteiger partial charge is 0.136 e. The second-order valence-electron chi connectivity index (χ2n) is 1.45. The molecule has 3 heteroatoms. The van der Waals surface area contributed by atoms with E-state index in [1.54, 1.807) is 21.6 Å². The lowest BCUT2D eigenvalue weighted by molar-refractivity contribution is 1.68. The molecule has 0 aromatic carbocycles. The van der Waals surface area contributed by atoms with E-state index in [4.69, 9.17) is 0 Å². The van der Waals surface area contributed by atoms with Crippen molar-refractivity contribution in [1.82, 2.24) is 0 Å². The highest BCUT2D eigenvalue weighted by atomic mass is 33.1. The molecule has 0 saturated heterocycles. The van der Waals surface area contributed by atoms with Gasteiger partial charge in [-0.1, -0.05) is 16.9 Å². The molecule has 0 amide bonds. The minimum absolute atomic E-state index is 1.08. The zero-order chi connectivity index (χ0) is 5.98. The predicted molar refractivity (Wildman–Crippen MR) is 46.0 cm³/mol. The van der Waals surface area contributed by atoms with Gasteiger partial charge in [0, 0.05) is 4.24 Å². The van der Waals surface area contributed by atoms with Crippen molar-refractivity contribution in [3.05, 3.63) is 21.3 Å². The highest BCUT2D eigenvalue weighted by Gasteiger charge is 1.98. The second-order valence-corrected chi connectivity index (χ2v) is 4.65. The minimum Gasteiger partial charge on any atom is -0.136 e. The summed E-state index contributed by atoms with van der Waals surface area (Å²) >= 11 is 4.16. The van der Waals surface area contributed by atoms with E-state index < -0.39 is 0 Å². The lowest BCUT2D eigenvalue weighted by atomic mass is 10.5. The molecule has 0 bridgehead atoms. The van der Waals surface area contributed by atoms with Crippen molar-refractivity contribution in [1.29, 1.82) is 0 Å². The average molecular weight is 162 g/mol. The number of allylic oxidation sites excluding steroid dienone is 3. The predicted octanol–water partition coefficient (Wildman–Crippen LogP) is 3.06. The molecule has 0 aromatic rings. The van der Waals surface area contributed by atoms with Crippen LogP contribution in [-0.2, 0) is 0 Å². The normalized spacial score (nSPS) is 19.8. The van der Waals surface area contributed by atoms with Crippen molar-refractivity contribution in [3.8, 4) is 0 Å². The van der Waals surface area contributed by atoms with E-state index in [-0.39, 0.29) is 0 Å². The maximum atomic E-state index is 4.16. The third-order valence-electron chi connectivity index (χ3n) is 0.719. The Morgan fingerprint density at radius 1 is 1.38 bits per heavy atom. The summed E-state index contributed by atoms with van der Waals surface area (Å²) in [5, 5.41) is 0. The molecular weight excluding hydrogens is 156 g/mol. The van der Waals surface area contributed by atoms with Crippen molar-refractivity contribution < 1.29 is 0 Å². The Labute approximate surface area is 62.6 Å². The first kappa shape index (κ1) is 6.65. The highest BCUT2D eigenvalue weighted by Crippen LogP contribution is 2.40. The Kier molecular flexibility index (Phi) is 2.41. The Hall–Kier alpha value is 0.530. The van der Waals surface area contributed by atoms with Gasteiger partial charge >= 0.3 is 0 Å². The molecule has 0 aromatic heterocycles. The van der Waals surface area contributed by atoms with Gasteiger partial charge in [-0.25, -0.2) is 0 Å². The van der Waals surface area contributed by atoms with Gasteiger partial charge in [0.2, 0.25) is 0 Å². The van der Waals surface area contributed by atoms with Gasteiger partial charge in [0.1, 0.15) is 0 Å². The Bertz CT molecular complexity index is 128. The van der Waals surface area contributed by atoms with Crippen molar-refractivity contribution >= 4 is 34.2 Å². The molecule has 0 fully saturated rings. The fourth-order valence-corrected chi connectivity index (χ4v) is 2.21. The van der Waals surface area contributed by atoms with Gasteiger partial charge < -0.3 is 0 Å². The van der Waals surface area contributed by atoms with E-state index >= 15 is 0 Å². The SMILES string of the molecule is CC1=CC=C(S)SS1. The number of hydrogen-bond donors (Lipinski definition) is 1. The first-order valence-electron chi connectivity index (χ1n) is 2.21. The van der Waals surface area contributed by atoms with Crippen LogP contribution in [0.1, 0.15) is 6.92 Å². The summed E-state index contributed by atoms with van der Waals surface area (Å²) in [6, 6.07) is 0. The molecule has 0 N–H and O–H groups in total. The Balaban J connectivity index is 2.65. The molecule has 8 heavy (non-hydrogen) atoms. The Morgan fingerprint density at radius 3 is 2.50 bits per heavy atom. The van der Waals surface area contributed by atoms with Crippen LogP contribution >= 0.6 is 34.2 Å². The Morgan fingerprint density at radius 2 is 2.12 bits per heavy atom. The highest BCUT2D eigenvalue weighted by molar-refractivity contribution is 8.81. The third-order valence-corrected chi connectivity index (χ3v) is 3.88. The molecule has 0 unspecified atom stereocenters. The summed E-state index contributed by atoms with van der Waals surface area (Å²) in [4.78, 5) is 1.34. The van der Waals surface area contributed by atoms with Crippen LogP contribution in [0.25, 0.3) is 0 Å². The molecule has 1 aliphatic heterocycles. The van der Waals surface area contributed by atoms with Crippen LogP contribution in [0.4, 0.5) is 0 Å². The zero-order valence-corrected chi connectivity index (χ0v) is 6.95. The van der Waals surface area contributed by atoms with E-state index in [0.29, 0.717) is 0 Å². The topological polar surface area (TPSA) is 0 Å². The summed E-state index contributed by atoms with van der Waals surface area (Å²) in [5.41, 5.74) is 0. The van der Waals surface area contributed by atoms with Gasteiger partial charge in [0.25, 0.3) is 0 Å². The van der Waals surface area contributed by atoms with E-state index in [1.807, 2.05) is 6.08 Å². The standard InChI is InChI=1S/C5H6S3/c1-4-2-3-5(6)8-7-4/h2-3,6H,1H3. The van der Waals surface area contributed by atoms with Crippen LogP contribution in [0.15, 0.2) is 21.3 Å². The smallest absolute Gasteiger partial charge is 0.0483 e. The van der Waals surface area contributed by atoms with Gasteiger partial charge in [-0.2, -0.15) is 0 Å². The molecule has 0 spiro atoms. The van der Waals surface area contributed by atoms with Gasteiger partial charge in [0.05, 0.1) is 0 Å². The van der Waals surface area contributed by atoms with Crippen LogP contribution in [-0.4, -0.2) is 0 Å². The molecule has 44 valence electrons. The van der Waals surface area contributed by atoms with Crippen LogP contribution in [0, 0.1) is 0 Å². The first-order chi connectivity index (χ1) is 3.79. The first-order valence-corrected chi connectivity index (χ1v) is 4.81. The average Bonchev–Trinajstić information content (AvgIpc) is 1.77. The molecule has 0 saturated carbocycles. The second kappa shape index (κ2) is 2.90. The number of thiol groups is 1. The lowest BCUT2D eigenvalue weighted by Crippen LogP contribution is -1.68. The summed E-state index contributed by atoms with van der Waals surface area (Å²) in [5.74, 6) is 0. The van der Waals surface area contributed by atoms with Crippen molar-refractivity contribution in [2.24, 2.45) is 0 Å². The van der Waals surface area contributed by atoms with Crippen LogP contribution in [0.5, 0.6) is 0 Å². The molecule has 1 heterocycles. The molecule has 0 nitrogen and oxygen atoms in total. The van der Waals surface area contributed by atoms with Gasteiger partial charge in [-0.15, -0.1) is 12.6 Å². The number of hydrogen-bond acceptors (Lipinski definition) is 3. The third kappa shape index (κ3) is 1.80. The fraction of sp³-hybridized carbons (Fsp3) is 0.200. The monoisotopic (exact) mass is 162 g/mol. The van der Waals surface area contributed by atoms with E-state index in [2.05, 4.69) is 25.6 Å². The van der Waals surface area contributed by atoms with Gasteiger partial charge in [-0.05, 0) is 28.7 Å². The van der Waals surface area contributed by atoms with Crippen molar-refractivity contribution in [2.45, 2.75) is 6.92 Å². The molecule has 1 rings (SSSR count). The number of rotatable bonds is 0. The summed E-state index contributed by atoms with van der Waals surface area (Å²) in [6.07, 6.45) is 4.09. The van der Waals surface area contributed by atoms with Crippen molar-refractivity contribution in [3.63, 3.8) is 0 Å². The molecule has 0 atom stereocenters. The zero-order valence-electron chi connectivity index (χ0n) is 4.42. The van der Waals surface area contributed by atoms with E-state index in [9.17, 15) is 0 Å². The molecule has 1 aliphatic rings. The van der Waals surface area contributed by atoms with E-state index in [0.717, 1.165) is 4.24 Å². The van der Waals surface area contributed by atoms with Crippen LogP contribution in [0.3, 0.4) is 0 Å². The summed E-state index contributed by atoms with van der Waals surface area (Å²) in [6.45, 7) is 2.09. The van der Waals surface area contributed by atoms with Gasteiger partial charge in [-0.3, -0.25) is 0 Å². The van der Waals surface area contributed by atoms with Crippen LogP contribution in [0.2, 0.25) is 0 Å². The van der Waals surface area contributed by atoms with E-state index in [1.165, 1.54) is 4.91 Å². The summed E-state index contributed by atoms with van der Waals surface area (Å²) in [7, 11) is 3.46. The molecule has 0 radical (unpaired) electrons. The molecular formula is C5H6S3. The molecule has 0 aliphatic carbocycles. The summed E-state index contributed by atoms with van der Waals surface area (Å²) < 4.78 is 1.08. The lowest BCUT2D eigenvalue weighted by Gasteiger charge is -2.03. The quantitative estimate of drug-likeness (QED) is 0.429. The van der Waals surface area contributed by atoms with Crippen LogP contribution < -0.4 is 0 Å². The van der Waals surface area contributed by atoms with Crippen molar-refractivity contribution in [2.75, 3.05) is 0 Å². The van der Waals surface area contributed by atoms with Gasteiger partial charge in [0.15, 0.2) is 0 Å². The minimum atomic E-state index is 1.08. The fourth-order valence-electron chi connectivity index (χ4n) is 0.353. The maximum Gasteiger partial charge on any atom is 0.0483 e.